The number of carbonyl (C=O) groups excluding carboxylic acids is 1. The Morgan fingerprint density at radius 3 is 2.41 bits per heavy atom. The minimum absolute atomic E-state index is 0.233. The fourth-order valence-corrected chi connectivity index (χ4v) is 3.11. The highest BCUT2D eigenvalue weighted by Gasteiger charge is 2.20. The average molecular weight is 378 g/mol. The number of nitrogens with zero attached hydrogens (tertiary/aromatic N) is 4. The van der Waals surface area contributed by atoms with Crippen molar-refractivity contribution in [3.63, 3.8) is 0 Å². The van der Waals surface area contributed by atoms with Crippen molar-refractivity contribution in [3.05, 3.63) is 76.7 Å². The molecule has 2 aromatic heterocycles. The molecular weight excluding hydrogens is 362 g/mol. The Kier molecular flexibility index (Phi) is 4.33. The van der Waals surface area contributed by atoms with Crippen molar-refractivity contribution in [2.75, 3.05) is 5.32 Å². The summed E-state index contributed by atoms with van der Waals surface area (Å²) in [6.45, 7) is 3.71. The second kappa shape index (κ2) is 6.81. The van der Waals surface area contributed by atoms with Crippen molar-refractivity contribution >= 4 is 28.8 Å². The van der Waals surface area contributed by atoms with Crippen LogP contribution in [0.5, 0.6) is 0 Å². The van der Waals surface area contributed by atoms with Gasteiger partial charge in [-0.15, -0.1) is 10.2 Å². The molecule has 1 amide bonds. The second-order valence-corrected chi connectivity index (χ2v) is 6.59. The van der Waals surface area contributed by atoms with Gasteiger partial charge in [0.2, 0.25) is 0 Å². The molecule has 6 nitrogen and oxygen atoms in total. The van der Waals surface area contributed by atoms with Crippen LogP contribution in [0.15, 0.2) is 54.6 Å². The zero-order chi connectivity index (χ0) is 19.0. The topological polar surface area (TPSA) is 72.2 Å². The van der Waals surface area contributed by atoms with E-state index in [0.717, 1.165) is 16.8 Å². The van der Waals surface area contributed by atoms with Gasteiger partial charge in [0.1, 0.15) is 0 Å². The Morgan fingerprint density at radius 1 is 1.00 bits per heavy atom. The molecular formula is C20H16ClN5O. The fraction of sp³-hybridized carbons (Fsp3) is 0.100. The Hall–Kier alpha value is -3.25. The Morgan fingerprint density at radius 2 is 1.70 bits per heavy atom. The maximum absolute atomic E-state index is 12.6. The number of anilines is 1. The number of aromatic nitrogens is 4. The van der Waals surface area contributed by atoms with Gasteiger partial charge in [0.15, 0.2) is 11.3 Å². The summed E-state index contributed by atoms with van der Waals surface area (Å²) in [5.41, 5.74) is 4.77. The number of fused-ring (bicyclic) bond motifs is 1. The first-order chi connectivity index (χ1) is 13.0. The third-order valence-electron chi connectivity index (χ3n) is 4.32. The Bertz CT molecular complexity index is 1140. The zero-order valence-electron chi connectivity index (χ0n) is 14.8. The lowest BCUT2D eigenvalue weighted by atomic mass is 10.1. The molecule has 0 saturated heterocycles. The number of amides is 1. The van der Waals surface area contributed by atoms with E-state index >= 15 is 0 Å². The molecule has 0 unspecified atom stereocenters. The van der Waals surface area contributed by atoms with Crippen molar-refractivity contribution in [2.24, 2.45) is 0 Å². The average Bonchev–Trinajstić information content (AvgIpc) is 3.00. The molecule has 0 atom stereocenters. The molecule has 4 aromatic rings. The lowest BCUT2D eigenvalue weighted by Crippen LogP contribution is -2.18. The predicted octanol–water partition coefficient (Wildman–Crippen LogP) is 4.31. The summed E-state index contributed by atoms with van der Waals surface area (Å²) < 4.78 is 1.66. The van der Waals surface area contributed by atoms with Crippen LogP contribution in [0.4, 0.5) is 5.69 Å². The molecule has 0 saturated carbocycles. The van der Waals surface area contributed by atoms with Gasteiger partial charge < -0.3 is 5.32 Å². The van der Waals surface area contributed by atoms with Crippen molar-refractivity contribution in [1.29, 1.82) is 0 Å². The van der Waals surface area contributed by atoms with Crippen molar-refractivity contribution < 1.29 is 4.79 Å². The summed E-state index contributed by atoms with van der Waals surface area (Å²) in [5.74, 6) is -0.325. The molecule has 1 N–H and O–H groups in total. The first-order valence-corrected chi connectivity index (χ1v) is 8.77. The minimum Gasteiger partial charge on any atom is -0.321 e. The largest absolute Gasteiger partial charge is 0.321 e. The highest BCUT2D eigenvalue weighted by atomic mass is 35.5. The van der Waals surface area contributed by atoms with Crippen molar-refractivity contribution in [3.8, 4) is 11.1 Å². The van der Waals surface area contributed by atoms with Crippen LogP contribution in [0.25, 0.3) is 16.8 Å². The van der Waals surface area contributed by atoms with Crippen LogP contribution in [0.3, 0.4) is 0 Å². The maximum atomic E-state index is 12.6. The number of halogens is 1. The number of nitrogens with one attached hydrogen (secondary N) is 1. The second-order valence-electron chi connectivity index (χ2n) is 6.16. The van der Waals surface area contributed by atoms with Gasteiger partial charge in [-0.2, -0.15) is 5.10 Å². The number of carbonyl (C=O) groups is 1. The Balaban J connectivity index is 1.77. The van der Waals surface area contributed by atoms with E-state index in [2.05, 4.69) is 20.6 Å². The van der Waals surface area contributed by atoms with Crippen LogP contribution >= 0.6 is 11.6 Å². The fourth-order valence-electron chi connectivity index (χ4n) is 2.99. The van der Waals surface area contributed by atoms with Crippen LogP contribution in [-0.4, -0.2) is 25.7 Å². The van der Waals surface area contributed by atoms with Crippen LogP contribution < -0.4 is 5.32 Å². The van der Waals surface area contributed by atoms with Crippen molar-refractivity contribution in [1.82, 2.24) is 19.8 Å². The molecule has 0 aliphatic rings. The molecule has 0 fully saturated rings. The molecule has 2 aromatic carbocycles. The summed E-state index contributed by atoms with van der Waals surface area (Å²) in [6.07, 6.45) is 0. The predicted molar refractivity (Wildman–Crippen MR) is 105 cm³/mol. The standard InChI is InChI=1S/C20H16ClN5O/c1-12-17(14-8-10-15(21)11-9-14)19-24-23-18(13(2)26(19)25-12)20(27)22-16-6-4-3-5-7-16/h3-11H,1-2H3,(H,22,27). The van der Waals surface area contributed by atoms with E-state index in [1.54, 1.807) is 11.4 Å². The number of aryl methyl sites for hydroxylation is 2. The third kappa shape index (κ3) is 3.15. The number of hydrogen-bond donors (Lipinski definition) is 1. The van der Waals surface area contributed by atoms with Gasteiger partial charge in [0.05, 0.1) is 17.0 Å². The number of rotatable bonds is 3. The highest BCUT2D eigenvalue weighted by Crippen LogP contribution is 2.28. The summed E-state index contributed by atoms with van der Waals surface area (Å²) in [6, 6.07) is 16.7. The van der Waals surface area contributed by atoms with Gasteiger partial charge in [-0.3, -0.25) is 4.79 Å². The molecule has 134 valence electrons. The quantitative estimate of drug-likeness (QED) is 0.577. The molecule has 27 heavy (non-hydrogen) atoms. The molecule has 0 aliphatic carbocycles. The summed E-state index contributed by atoms with van der Waals surface area (Å²) in [5, 5.41) is 16.5. The lowest BCUT2D eigenvalue weighted by molar-refractivity contribution is 0.102. The molecule has 0 bridgehead atoms. The molecule has 4 rings (SSSR count). The smallest absolute Gasteiger partial charge is 0.278 e. The molecule has 0 spiro atoms. The van der Waals surface area contributed by atoms with Gasteiger partial charge in [-0.25, -0.2) is 4.52 Å². The molecule has 2 heterocycles. The first-order valence-electron chi connectivity index (χ1n) is 8.39. The molecule has 7 heteroatoms. The van der Waals surface area contributed by atoms with E-state index in [1.165, 1.54) is 0 Å². The van der Waals surface area contributed by atoms with Gasteiger partial charge in [0, 0.05) is 10.7 Å². The minimum atomic E-state index is -0.325. The van der Waals surface area contributed by atoms with E-state index in [9.17, 15) is 4.79 Å². The van der Waals surface area contributed by atoms with Gasteiger partial charge >= 0.3 is 0 Å². The number of hydrogen-bond acceptors (Lipinski definition) is 4. The normalized spacial score (nSPS) is 10.9. The summed E-state index contributed by atoms with van der Waals surface area (Å²) in [4.78, 5) is 12.6. The van der Waals surface area contributed by atoms with E-state index in [4.69, 9.17) is 11.6 Å². The Labute approximate surface area is 160 Å². The van der Waals surface area contributed by atoms with E-state index in [1.807, 2.05) is 61.5 Å². The van der Waals surface area contributed by atoms with Gasteiger partial charge in [-0.1, -0.05) is 41.9 Å². The SMILES string of the molecule is Cc1nn2c(C)c(C(=O)Nc3ccccc3)nnc2c1-c1ccc(Cl)cc1. The molecule has 0 aliphatic heterocycles. The van der Waals surface area contributed by atoms with Gasteiger partial charge in [-0.05, 0) is 43.7 Å². The number of para-hydroxylation sites is 1. The first kappa shape index (κ1) is 17.2. The van der Waals surface area contributed by atoms with Crippen LogP contribution in [0.1, 0.15) is 21.9 Å². The van der Waals surface area contributed by atoms with Gasteiger partial charge in [0.25, 0.3) is 5.91 Å². The van der Waals surface area contributed by atoms with E-state index in [0.29, 0.717) is 22.1 Å². The van der Waals surface area contributed by atoms with E-state index < -0.39 is 0 Å². The van der Waals surface area contributed by atoms with Crippen LogP contribution in [-0.2, 0) is 0 Å². The third-order valence-corrected chi connectivity index (χ3v) is 4.57. The summed E-state index contributed by atoms with van der Waals surface area (Å²) >= 11 is 5.99. The summed E-state index contributed by atoms with van der Waals surface area (Å²) in [7, 11) is 0. The van der Waals surface area contributed by atoms with Crippen molar-refractivity contribution in [2.45, 2.75) is 13.8 Å². The highest BCUT2D eigenvalue weighted by molar-refractivity contribution is 6.30. The van der Waals surface area contributed by atoms with E-state index in [-0.39, 0.29) is 11.6 Å². The lowest BCUT2D eigenvalue weighted by Gasteiger charge is -2.07. The maximum Gasteiger partial charge on any atom is 0.278 e. The number of benzene rings is 2. The van der Waals surface area contributed by atoms with Crippen LogP contribution in [0, 0.1) is 13.8 Å². The molecule has 0 radical (unpaired) electrons. The zero-order valence-corrected chi connectivity index (χ0v) is 15.5. The monoisotopic (exact) mass is 377 g/mol. The van der Waals surface area contributed by atoms with Crippen LogP contribution in [0.2, 0.25) is 5.02 Å².